The van der Waals surface area contributed by atoms with Crippen LogP contribution in [0, 0.1) is 0 Å². The Morgan fingerprint density at radius 2 is 1.11 bits per heavy atom. The van der Waals surface area contributed by atoms with Crippen molar-refractivity contribution >= 4 is 44.9 Å². The van der Waals surface area contributed by atoms with E-state index in [0.29, 0.717) is 45.6 Å². The van der Waals surface area contributed by atoms with Gasteiger partial charge in [0.2, 0.25) is 11.8 Å². The number of rotatable bonds is 4. The van der Waals surface area contributed by atoms with Gasteiger partial charge in [-0.25, -0.2) is 0 Å². The highest BCUT2D eigenvalue weighted by Crippen LogP contribution is 2.29. The topological polar surface area (TPSA) is 111 Å². The first-order chi connectivity index (χ1) is 21.4. The number of carbonyl (C=O) groups is 4. The number of benzene rings is 3. The van der Waals surface area contributed by atoms with Crippen LogP contribution in [0.25, 0.3) is 21.5 Å². The van der Waals surface area contributed by atoms with Crippen LogP contribution in [-0.2, 0) is 32.3 Å². The molecule has 9 nitrogen and oxygen atoms in total. The van der Waals surface area contributed by atoms with E-state index in [4.69, 9.17) is 0 Å². The molecule has 3 aromatic rings. The molecule has 0 aliphatic carbocycles. The van der Waals surface area contributed by atoms with Gasteiger partial charge < -0.3 is 16.0 Å². The number of ketones is 2. The zero-order valence-corrected chi connectivity index (χ0v) is 25.7. The Morgan fingerprint density at radius 1 is 0.545 bits per heavy atom. The zero-order valence-electron chi connectivity index (χ0n) is 25.7. The summed E-state index contributed by atoms with van der Waals surface area (Å²) in [6, 6.07) is 16.7. The smallest absolute Gasteiger partial charge is 0.234 e. The van der Waals surface area contributed by atoms with Crippen LogP contribution in [0.3, 0.4) is 0 Å². The number of nitrogens with one attached hydrogen (secondary N) is 3. The molecule has 2 aliphatic heterocycles. The highest BCUT2D eigenvalue weighted by Gasteiger charge is 2.19. The van der Waals surface area contributed by atoms with Gasteiger partial charge >= 0.3 is 0 Å². The Morgan fingerprint density at radius 3 is 1.75 bits per heavy atom. The first kappa shape index (κ1) is 31.8. The standard InChI is InChI=1S/C35H45N5O4/c41-30-12-3-1-2-4-15-37-34(43)24-39(22-30)20-28-10-5-8-26-18-27-9-6-11-29(33(27)19-32(26)28)21-40-23-31(42)13-7-14-36-16-17-38-35(44)25-40/h5-6,8-11,18-19,36H,1-4,7,12-17,20-25H2,(H,37,43)(H,38,44). The second kappa shape index (κ2) is 15.9. The number of Topliss-reactive ketones (excluding diaryl/α,β-unsaturated/α-hetero) is 2. The molecule has 2 aliphatic rings. The van der Waals surface area contributed by atoms with Crippen LogP contribution in [0.5, 0.6) is 0 Å². The predicted molar refractivity (Wildman–Crippen MR) is 173 cm³/mol. The SMILES string of the molecule is O=C1CCCCCCNC(=O)CN(Cc2cccc3cc4cccc(CN5CC(=O)CCCNCCNC(=O)C5)c4cc23)C1. The van der Waals surface area contributed by atoms with Gasteiger partial charge in [-0.15, -0.1) is 0 Å². The van der Waals surface area contributed by atoms with Gasteiger partial charge in [-0.2, -0.15) is 0 Å². The van der Waals surface area contributed by atoms with E-state index in [9.17, 15) is 19.2 Å². The second-order valence-corrected chi connectivity index (χ2v) is 12.2. The third-order valence-corrected chi connectivity index (χ3v) is 8.52. The molecule has 5 rings (SSSR count). The highest BCUT2D eigenvalue weighted by atomic mass is 16.2. The number of hydrogen-bond donors (Lipinski definition) is 3. The number of nitrogens with zero attached hydrogens (tertiary/aromatic N) is 2. The van der Waals surface area contributed by atoms with E-state index in [2.05, 4.69) is 52.3 Å². The van der Waals surface area contributed by atoms with Crippen molar-refractivity contribution in [2.24, 2.45) is 0 Å². The van der Waals surface area contributed by atoms with Crippen LogP contribution in [0.15, 0.2) is 48.5 Å². The largest absolute Gasteiger partial charge is 0.355 e. The van der Waals surface area contributed by atoms with Crippen molar-refractivity contribution in [3.8, 4) is 0 Å². The fourth-order valence-corrected chi connectivity index (χ4v) is 6.30. The van der Waals surface area contributed by atoms with E-state index >= 15 is 0 Å². The van der Waals surface area contributed by atoms with Crippen LogP contribution in [-0.4, -0.2) is 85.5 Å². The molecule has 0 spiro atoms. The summed E-state index contributed by atoms with van der Waals surface area (Å²) in [6.45, 7) is 4.47. The molecule has 0 saturated carbocycles. The van der Waals surface area contributed by atoms with Crippen molar-refractivity contribution in [3.05, 3.63) is 59.7 Å². The normalized spacial score (nSPS) is 19.8. The van der Waals surface area contributed by atoms with Crippen molar-refractivity contribution in [1.29, 1.82) is 0 Å². The number of amides is 2. The monoisotopic (exact) mass is 599 g/mol. The van der Waals surface area contributed by atoms with Gasteiger partial charge in [0.05, 0.1) is 26.2 Å². The van der Waals surface area contributed by atoms with Gasteiger partial charge in [-0.3, -0.25) is 29.0 Å². The summed E-state index contributed by atoms with van der Waals surface area (Å²) in [7, 11) is 0. The minimum absolute atomic E-state index is 0.0488. The second-order valence-electron chi connectivity index (χ2n) is 12.2. The molecule has 2 fully saturated rings. The van der Waals surface area contributed by atoms with E-state index in [-0.39, 0.29) is 49.6 Å². The first-order valence-electron chi connectivity index (χ1n) is 16.1. The molecule has 2 heterocycles. The van der Waals surface area contributed by atoms with Gasteiger partial charge in [-0.1, -0.05) is 49.2 Å². The fourth-order valence-electron chi connectivity index (χ4n) is 6.30. The molecular formula is C35H45N5O4. The first-order valence-corrected chi connectivity index (χ1v) is 16.1. The molecule has 0 radical (unpaired) electrons. The van der Waals surface area contributed by atoms with E-state index in [1.165, 1.54) is 0 Å². The molecule has 0 bridgehead atoms. The lowest BCUT2D eigenvalue weighted by molar-refractivity contribution is -0.126. The fraction of sp³-hybridized carbons (Fsp3) is 0.486. The molecule has 3 N–H and O–H groups in total. The van der Waals surface area contributed by atoms with Crippen LogP contribution >= 0.6 is 0 Å². The summed E-state index contributed by atoms with van der Waals surface area (Å²) in [5.74, 6) is 0.176. The van der Waals surface area contributed by atoms with Gasteiger partial charge in [0.1, 0.15) is 11.6 Å². The van der Waals surface area contributed by atoms with Crippen molar-refractivity contribution in [2.75, 3.05) is 52.4 Å². The lowest BCUT2D eigenvalue weighted by atomic mass is 9.96. The summed E-state index contributed by atoms with van der Waals surface area (Å²) in [4.78, 5) is 54.9. The lowest BCUT2D eigenvalue weighted by Gasteiger charge is -2.24. The van der Waals surface area contributed by atoms with E-state index < -0.39 is 0 Å². The van der Waals surface area contributed by atoms with E-state index in [1.807, 2.05) is 21.9 Å². The maximum absolute atomic E-state index is 12.8. The minimum Gasteiger partial charge on any atom is -0.355 e. The average molecular weight is 600 g/mol. The van der Waals surface area contributed by atoms with Crippen molar-refractivity contribution in [2.45, 2.75) is 58.0 Å². The third-order valence-electron chi connectivity index (χ3n) is 8.52. The maximum atomic E-state index is 12.8. The van der Waals surface area contributed by atoms with Crippen LogP contribution in [0.2, 0.25) is 0 Å². The number of fused-ring (bicyclic) bond motifs is 2. The highest BCUT2D eigenvalue weighted by molar-refractivity contribution is 6.01. The molecule has 2 amide bonds. The average Bonchev–Trinajstić information content (AvgIpc) is 2.98. The number of hydrogen-bond acceptors (Lipinski definition) is 7. The Hall–Kier alpha value is -3.66. The summed E-state index contributed by atoms with van der Waals surface area (Å²) in [6.07, 6.45) is 5.70. The van der Waals surface area contributed by atoms with Gasteiger partial charge in [0, 0.05) is 45.6 Å². The van der Waals surface area contributed by atoms with E-state index in [1.54, 1.807) is 0 Å². The Labute approximate surface area is 259 Å². The van der Waals surface area contributed by atoms with Crippen molar-refractivity contribution < 1.29 is 19.2 Å². The molecule has 234 valence electrons. The molecule has 0 aromatic heterocycles. The maximum Gasteiger partial charge on any atom is 0.234 e. The van der Waals surface area contributed by atoms with E-state index in [0.717, 1.165) is 71.3 Å². The van der Waals surface area contributed by atoms with Crippen LogP contribution < -0.4 is 16.0 Å². The minimum atomic E-state index is -0.0854. The molecule has 44 heavy (non-hydrogen) atoms. The van der Waals surface area contributed by atoms with Crippen LogP contribution in [0.1, 0.15) is 56.1 Å². The summed E-state index contributed by atoms with van der Waals surface area (Å²) in [5, 5.41) is 13.5. The zero-order chi connectivity index (χ0) is 30.7. The Balaban J connectivity index is 1.42. The summed E-state index contributed by atoms with van der Waals surface area (Å²) >= 11 is 0. The predicted octanol–water partition coefficient (Wildman–Crippen LogP) is 3.32. The van der Waals surface area contributed by atoms with Crippen LogP contribution in [0.4, 0.5) is 0 Å². The molecule has 0 unspecified atom stereocenters. The molecule has 3 aromatic carbocycles. The summed E-state index contributed by atoms with van der Waals surface area (Å²) < 4.78 is 0. The molecule has 0 atom stereocenters. The molecular weight excluding hydrogens is 554 g/mol. The molecule has 9 heteroatoms. The summed E-state index contributed by atoms with van der Waals surface area (Å²) in [5.41, 5.74) is 2.11. The third kappa shape index (κ3) is 9.17. The number of carbonyl (C=O) groups excluding carboxylic acids is 4. The molecule has 2 saturated heterocycles. The quantitative estimate of drug-likeness (QED) is 0.395. The van der Waals surface area contributed by atoms with Gasteiger partial charge in [0.15, 0.2) is 0 Å². The lowest BCUT2D eigenvalue weighted by Crippen LogP contribution is -2.42. The van der Waals surface area contributed by atoms with Gasteiger partial charge in [-0.05, 0) is 70.6 Å². The van der Waals surface area contributed by atoms with Crippen molar-refractivity contribution in [1.82, 2.24) is 25.8 Å². The Bertz CT molecular complexity index is 1340. The van der Waals surface area contributed by atoms with Gasteiger partial charge in [0.25, 0.3) is 0 Å². The Kier molecular flexibility index (Phi) is 11.5. The van der Waals surface area contributed by atoms with Crippen molar-refractivity contribution in [3.63, 3.8) is 0 Å².